The molecule has 0 saturated heterocycles. The van der Waals surface area contributed by atoms with Gasteiger partial charge >= 0.3 is 0 Å². The fourth-order valence-electron chi connectivity index (χ4n) is 1.66. The van der Waals surface area contributed by atoms with Crippen LogP contribution in [0.4, 0.5) is 4.39 Å². The lowest BCUT2D eigenvalue weighted by Crippen LogP contribution is -2.07. The lowest BCUT2D eigenvalue weighted by Gasteiger charge is -2.15. The molecule has 0 aliphatic rings. The normalized spacial score (nSPS) is 12.3. The summed E-state index contributed by atoms with van der Waals surface area (Å²) < 4.78 is 21.2. The van der Waals surface area contributed by atoms with Gasteiger partial charge in [0.2, 0.25) is 0 Å². The van der Waals surface area contributed by atoms with Crippen molar-refractivity contribution in [3.05, 3.63) is 56.7 Å². The Labute approximate surface area is 128 Å². The topological polar surface area (TPSA) is 35.2 Å². The van der Waals surface area contributed by atoms with E-state index in [9.17, 15) is 4.39 Å². The zero-order valence-electron chi connectivity index (χ0n) is 10.2. The molecular formula is C14H12Br2FNO. The molecule has 0 saturated carbocycles. The highest BCUT2D eigenvalue weighted by atomic mass is 79.9. The third-order valence-corrected chi connectivity index (χ3v) is 3.71. The molecule has 0 radical (unpaired) electrons. The van der Waals surface area contributed by atoms with Gasteiger partial charge in [-0.2, -0.15) is 0 Å². The molecule has 1 unspecified atom stereocenters. The Bertz CT molecular complexity index is 602. The predicted octanol–water partition coefficient (Wildman–Crippen LogP) is 5.16. The van der Waals surface area contributed by atoms with Crippen molar-refractivity contribution < 1.29 is 9.13 Å². The maximum atomic E-state index is 13.9. The van der Waals surface area contributed by atoms with Gasteiger partial charge in [0.15, 0.2) is 11.6 Å². The van der Waals surface area contributed by atoms with E-state index < -0.39 is 5.82 Å². The Hall–Kier alpha value is -0.910. The zero-order chi connectivity index (χ0) is 14.0. The Morgan fingerprint density at radius 3 is 2.58 bits per heavy atom. The van der Waals surface area contributed by atoms with E-state index in [0.717, 1.165) is 8.95 Å². The van der Waals surface area contributed by atoms with E-state index in [0.29, 0.717) is 11.3 Å². The Kier molecular flexibility index (Phi) is 4.60. The van der Waals surface area contributed by atoms with E-state index in [2.05, 4.69) is 31.9 Å². The highest BCUT2D eigenvalue weighted by Gasteiger charge is 2.15. The Morgan fingerprint density at radius 2 is 1.95 bits per heavy atom. The molecule has 2 N–H and O–H groups in total. The minimum absolute atomic E-state index is 0.167. The Morgan fingerprint density at radius 1 is 1.21 bits per heavy atom. The summed E-state index contributed by atoms with van der Waals surface area (Å²) in [6.45, 7) is 1.79. The van der Waals surface area contributed by atoms with Crippen LogP contribution in [0.5, 0.6) is 11.5 Å². The molecule has 2 nitrogen and oxygen atoms in total. The second-order valence-corrected chi connectivity index (χ2v) is 5.89. The summed E-state index contributed by atoms with van der Waals surface area (Å²) in [6.07, 6.45) is 0. The number of benzene rings is 2. The minimum Gasteiger partial charge on any atom is -0.453 e. The minimum atomic E-state index is -0.426. The molecule has 0 aromatic heterocycles. The van der Waals surface area contributed by atoms with E-state index in [1.807, 2.05) is 12.1 Å². The van der Waals surface area contributed by atoms with Gasteiger partial charge in [-0.25, -0.2) is 4.39 Å². The number of rotatable bonds is 3. The van der Waals surface area contributed by atoms with Crippen LogP contribution < -0.4 is 10.5 Å². The number of hydrogen-bond donors (Lipinski definition) is 1. The second kappa shape index (κ2) is 6.03. The van der Waals surface area contributed by atoms with Crippen molar-refractivity contribution in [1.29, 1.82) is 0 Å². The van der Waals surface area contributed by atoms with E-state index in [1.165, 1.54) is 6.07 Å². The zero-order valence-corrected chi connectivity index (χ0v) is 13.3. The number of para-hydroxylation sites is 1. The van der Waals surface area contributed by atoms with Crippen molar-refractivity contribution in [3.63, 3.8) is 0 Å². The first-order valence-electron chi connectivity index (χ1n) is 5.66. The van der Waals surface area contributed by atoms with E-state index >= 15 is 0 Å². The Balaban J connectivity index is 2.43. The fourth-order valence-corrected chi connectivity index (χ4v) is 2.79. The highest BCUT2D eigenvalue weighted by molar-refractivity contribution is 9.11. The summed E-state index contributed by atoms with van der Waals surface area (Å²) in [4.78, 5) is 0. The van der Waals surface area contributed by atoms with Gasteiger partial charge in [-0.3, -0.25) is 0 Å². The second-order valence-electron chi connectivity index (χ2n) is 4.12. The van der Waals surface area contributed by atoms with Crippen LogP contribution in [0, 0.1) is 5.82 Å². The highest BCUT2D eigenvalue weighted by Crippen LogP contribution is 2.36. The summed E-state index contributed by atoms with van der Waals surface area (Å²) in [7, 11) is 0. The SMILES string of the molecule is CC(N)c1cccc(F)c1Oc1ccc(Br)cc1Br. The molecule has 2 aromatic carbocycles. The van der Waals surface area contributed by atoms with Crippen molar-refractivity contribution in [2.45, 2.75) is 13.0 Å². The van der Waals surface area contributed by atoms with Gasteiger partial charge in [-0.15, -0.1) is 0 Å². The molecule has 100 valence electrons. The van der Waals surface area contributed by atoms with Crippen molar-refractivity contribution in [1.82, 2.24) is 0 Å². The smallest absolute Gasteiger partial charge is 0.167 e. The summed E-state index contributed by atoms with van der Waals surface area (Å²) in [6, 6.07) is 9.85. The van der Waals surface area contributed by atoms with Crippen LogP contribution in [-0.4, -0.2) is 0 Å². The number of hydrogen-bond acceptors (Lipinski definition) is 2. The maximum absolute atomic E-state index is 13.9. The molecule has 0 bridgehead atoms. The van der Waals surface area contributed by atoms with Gasteiger partial charge < -0.3 is 10.5 Å². The van der Waals surface area contributed by atoms with Crippen molar-refractivity contribution >= 4 is 31.9 Å². The average molecular weight is 389 g/mol. The van der Waals surface area contributed by atoms with Gasteiger partial charge in [0.1, 0.15) is 5.75 Å². The first-order valence-corrected chi connectivity index (χ1v) is 7.24. The van der Waals surface area contributed by atoms with Gasteiger partial charge in [-0.1, -0.05) is 28.1 Å². The summed E-state index contributed by atoms with van der Waals surface area (Å²) >= 11 is 6.74. The lowest BCUT2D eigenvalue weighted by molar-refractivity contribution is 0.430. The number of halogens is 3. The summed E-state index contributed by atoms with van der Waals surface area (Å²) in [5.74, 6) is 0.278. The lowest BCUT2D eigenvalue weighted by atomic mass is 10.1. The van der Waals surface area contributed by atoms with E-state index in [4.69, 9.17) is 10.5 Å². The third-order valence-electron chi connectivity index (χ3n) is 2.59. The van der Waals surface area contributed by atoms with Crippen LogP contribution in [0.3, 0.4) is 0 Å². The molecule has 19 heavy (non-hydrogen) atoms. The largest absolute Gasteiger partial charge is 0.453 e. The van der Waals surface area contributed by atoms with Crippen molar-refractivity contribution in [2.75, 3.05) is 0 Å². The standard InChI is InChI=1S/C14H12Br2FNO/c1-8(18)10-3-2-4-12(17)14(10)19-13-6-5-9(15)7-11(13)16/h2-8H,18H2,1H3. The van der Waals surface area contributed by atoms with E-state index in [-0.39, 0.29) is 11.8 Å². The van der Waals surface area contributed by atoms with Crippen LogP contribution in [-0.2, 0) is 0 Å². The maximum Gasteiger partial charge on any atom is 0.167 e. The van der Waals surface area contributed by atoms with Crippen LogP contribution in [0.1, 0.15) is 18.5 Å². The fraction of sp³-hybridized carbons (Fsp3) is 0.143. The van der Waals surface area contributed by atoms with Gasteiger partial charge in [0.25, 0.3) is 0 Å². The van der Waals surface area contributed by atoms with Crippen molar-refractivity contribution in [2.24, 2.45) is 5.73 Å². The average Bonchev–Trinajstić information content (AvgIpc) is 2.34. The van der Waals surface area contributed by atoms with E-state index in [1.54, 1.807) is 25.1 Å². The first-order chi connectivity index (χ1) is 8.99. The molecule has 1 atom stereocenters. The van der Waals surface area contributed by atoms with Crippen LogP contribution in [0.15, 0.2) is 45.3 Å². The van der Waals surface area contributed by atoms with Crippen LogP contribution >= 0.6 is 31.9 Å². The first kappa shape index (κ1) is 14.5. The summed E-state index contributed by atoms with van der Waals surface area (Å²) in [5, 5.41) is 0. The molecule has 0 amide bonds. The third kappa shape index (κ3) is 3.35. The molecule has 5 heteroatoms. The molecule has 0 heterocycles. The van der Waals surface area contributed by atoms with Gasteiger partial charge in [0, 0.05) is 16.1 Å². The molecular weight excluding hydrogens is 377 g/mol. The molecule has 2 rings (SSSR count). The van der Waals surface area contributed by atoms with Gasteiger partial charge in [0.05, 0.1) is 4.47 Å². The van der Waals surface area contributed by atoms with Crippen LogP contribution in [0.2, 0.25) is 0 Å². The number of nitrogens with two attached hydrogens (primary N) is 1. The monoisotopic (exact) mass is 387 g/mol. The molecule has 2 aromatic rings. The molecule has 0 spiro atoms. The van der Waals surface area contributed by atoms with Crippen molar-refractivity contribution in [3.8, 4) is 11.5 Å². The number of ether oxygens (including phenoxy) is 1. The molecule has 0 aliphatic heterocycles. The quantitative estimate of drug-likeness (QED) is 0.787. The van der Waals surface area contributed by atoms with Crippen LogP contribution in [0.25, 0.3) is 0 Å². The molecule has 0 fully saturated rings. The summed E-state index contributed by atoms with van der Waals surface area (Å²) in [5.41, 5.74) is 6.47. The molecule has 0 aliphatic carbocycles. The predicted molar refractivity (Wildman–Crippen MR) is 80.9 cm³/mol. The van der Waals surface area contributed by atoms with Gasteiger partial charge in [-0.05, 0) is 47.1 Å².